The normalized spacial score (nSPS) is 16.6. The Hall–Kier alpha value is -3.49. The molecule has 0 radical (unpaired) electrons. The molecule has 3 aromatic rings. The van der Waals surface area contributed by atoms with Crippen LogP contribution in [0.2, 0.25) is 0 Å². The van der Waals surface area contributed by atoms with Crippen molar-refractivity contribution in [3.63, 3.8) is 0 Å². The van der Waals surface area contributed by atoms with Gasteiger partial charge in [0.2, 0.25) is 17.7 Å². The van der Waals surface area contributed by atoms with E-state index in [9.17, 15) is 9.59 Å². The van der Waals surface area contributed by atoms with Crippen molar-refractivity contribution in [2.45, 2.75) is 25.5 Å². The molecule has 9 nitrogen and oxygen atoms in total. The van der Waals surface area contributed by atoms with Gasteiger partial charge in [-0.2, -0.15) is 0 Å². The number of piperidine rings is 1. The molecule has 1 aromatic carbocycles. The highest BCUT2D eigenvalue weighted by atomic mass is 16.5. The summed E-state index contributed by atoms with van der Waals surface area (Å²) in [5.74, 6) is 0.658. The molecule has 1 fully saturated rings. The van der Waals surface area contributed by atoms with E-state index in [2.05, 4.69) is 15.2 Å². The van der Waals surface area contributed by atoms with Gasteiger partial charge in [0.15, 0.2) is 0 Å². The molecule has 0 spiro atoms. The number of ether oxygens (including phenoxy) is 2. The summed E-state index contributed by atoms with van der Waals surface area (Å²) in [5.41, 5.74) is 0.399. The van der Waals surface area contributed by atoms with E-state index in [-0.39, 0.29) is 24.1 Å². The van der Waals surface area contributed by atoms with Crippen LogP contribution in [0.25, 0.3) is 10.9 Å². The predicted octanol–water partition coefficient (Wildman–Crippen LogP) is 1.27. The van der Waals surface area contributed by atoms with Gasteiger partial charge < -0.3 is 14.4 Å². The van der Waals surface area contributed by atoms with Gasteiger partial charge in [-0.3, -0.25) is 14.2 Å². The summed E-state index contributed by atoms with van der Waals surface area (Å²) < 4.78 is 12.2. The molecule has 1 saturated heterocycles. The van der Waals surface area contributed by atoms with Crippen LogP contribution in [0.3, 0.4) is 0 Å². The van der Waals surface area contributed by atoms with E-state index in [0.717, 1.165) is 12.8 Å². The molecule has 1 unspecified atom stereocenters. The minimum atomic E-state index is -0.220. The number of carbonyl (C=O) groups is 1. The SMILES string of the molecule is COc1ccc(OC2CCCN(C(=O)Cn3cnc4ccccc4c3=O)C2)nn1. The fraction of sp³-hybridized carbons (Fsp3) is 0.350. The van der Waals surface area contributed by atoms with Gasteiger partial charge in [0.25, 0.3) is 5.56 Å². The molecule has 29 heavy (non-hydrogen) atoms. The Balaban J connectivity index is 1.42. The van der Waals surface area contributed by atoms with Crippen molar-refractivity contribution in [1.29, 1.82) is 0 Å². The zero-order chi connectivity index (χ0) is 20.2. The number of rotatable bonds is 5. The number of para-hydroxylation sites is 1. The van der Waals surface area contributed by atoms with Gasteiger partial charge in [0.1, 0.15) is 12.6 Å². The van der Waals surface area contributed by atoms with E-state index in [0.29, 0.717) is 35.8 Å². The molecule has 0 saturated carbocycles. The van der Waals surface area contributed by atoms with Gasteiger partial charge in [0.05, 0.1) is 30.9 Å². The summed E-state index contributed by atoms with van der Waals surface area (Å²) in [7, 11) is 1.52. The van der Waals surface area contributed by atoms with Gasteiger partial charge >= 0.3 is 0 Å². The van der Waals surface area contributed by atoms with E-state index in [4.69, 9.17) is 9.47 Å². The van der Waals surface area contributed by atoms with E-state index in [1.165, 1.54) is 18.0 Å². The third-order valence-electron chi connectivity index (χ3n) is 4.88. The Morgan fingerprint density at radius 2 is 1.97 bits per heavy atom. The van der Waals surface area contributed by atoms with Crippen molar-refractivity contribution in [2.75, 3.05) is 20.2 Å². The lowest BCUT2D eigenvalue weighted by Crippen LogP contribution is -2.46. The Labute approximate surface area is 166 Å². The highest BCUT2D eigenvalue weighted by Gasteiger charge is 2.25. The summed E-state index contributed by atoms with van der Waals surface area (Å²) in [6.45, 7) is 1.01. The number of hydrogen-bond donors (Lipinski definition) is 0. The zero-order valence-corrected chi connectivity index (χ0v) is 16.0. The third-order valence-corrected chi connectivity index (χ3v) is 4.88. The topological polar surface area (TPSA) is 99.4 Å². The molecule has 9 heteroatoms. The molecular formula is C20H21N5O4. The van der Waals surface area contributed by atoms with Crippen LogP contribution in [0, 0.1) is 0 Å². The van der Waals surface area contributed by atoms with Gasteiger partial charge in [0, 0.05) is 18.7 Å². The van der Waals surface area contributed by atoms with Gasteiger partial charge in [-0.15, -0.1) is 10.2 Å². The second kappa shape index (κ2) is 8.26. The van der Waals surface area contributed by atoms with Crippen molar-refractivity contribution in [3.05, 3.63) is 53.1 Å². The molecule has 1 atom stereocenters. The fourth-order valence-electron chi connectivity index (χ4n) is 3.38. The molecule has 4 rings (SSSR count). The predicted molar refractivity (Wildman–Crippen MR) is 105 cm³/mol. The zero-order valence-electron chi connectivity index (χ0n) is 16.0. The number of methoxy groups -OCH3 is 1. The Morgan fingerprint density at radius 3 is 2.76 bits per heavy atom. The number of fused-ring (bicyclic) bond motifs is 1. The third kappa shape index (κ3) is 4.18. The fourth-order valence-corrected chi connectivity index (χ4v) is 3.38. The average Bonchev–Trinajstić information content (AvgIpc) is 2.76. The van der Waals surface area contributed by atoms with Crippen molar-refractivity contribution < 1.29 is 14.3 Å². The number of carbonyl (C=O) groups excluding carboxylic acids is 1. The Kier molecular flexibility index (Phi) is 5.37. The molecule has 0 N–H and O–H groups in total. The van der Waals surface area contributed by atoms with Crippen LogP contribution in [-0.4, -0.2) is 56.9 Å². The van der Waals surface area contributed by atoms with Crippen LogP contribution >= 0.6 is 0 Å². The summed E-state index contributed by atoms with van der Waals surface area (Å²) in [4.78, 5) is 31.4. The Bertz CT molecular complexity index is 1070. The lowest BCUT2D eigenvalue weighted by atomic mass is 10.1. The van der Waals surface area contributed by atoms with E-state index >= 15 is 0 Å². The maximum Gasteiger partial charge on any atom is 0.261 e. The molecular weight excluding hydrogens is 374 g/mol. The van der Waals surface area contributed by atoms with Crippen molar-refractivity contribution in [2.24, 2.45) is 0 Å². The first-order valence-electron chi connectivity index (χ1n) is 9.40. The minimum absolute atomic E-state index is 0.0499. The Morgan fingerprint density at radius 1 is 1.17 bits per heavy atom. The molecule has 3 heterocycles. The first-order valence-corrected chi connectivity index (χ1v) is 9.40. The number of nitrogens with zero attached hydrogens (tertiary/aromatic N) is 5. The molecule has 150 valence electrons. The van der Waals surface area contributed by atoms with Crippen LogP contribution in [0.5, 0.6) is 11.8 Å². The van der Waals surface area contributed by atoms with Crippen LogP contribution < -0.4 is 15.0 Å². The monoisotopic (exact) mass is 395 g/mol. The molecule has 1 aliphatic heterocycles. The first-order chi connectivity index (χ1) is 14.1. The lowest BCUT2D eigenvalue weighted by Gasteiger charge is -2.32. The molecule has 1 aliphatic rings. The number of benzene rings is 1. The molecule has 1 amide bonds. The molecule has 0 aliphatic carbocycles. The van der Waals surface area contributed by atoms with Crippen LogP contribution in [0.15, 0.2) is 47.5 Å². The highest BCUT2D eigenvalue weighted by Crippen LogP contribution is 2.18. The van der Waals surface area contributed by atoms with Crippen molar-refractivity contribution >= 4 is 16.8 Å². The number of amides is 1. The summed E-state index contributed by atoms with van der Waals surface area (Å²) in [6.07, 6.45) is 2.87. The van der Waals surface area contributed by atoms with Crippen LogP contribution in [0.1, 0.15) is 12.8 Å². The van der Waals surface area contributed by atoms with Crippen molar-refractivity contribution in [1.82, 2.24) is 24.6 Å². The molecule has 0 bridgehead atoms. The average molecular weight is 395 g/mol. The van der Waals surface area contributed by atoms with E-state index in [1.807, 2.05) is 6.07 Å². The smallest absolute Gasteiger partial charge is 0.261 e. The minimum Gasteiger partial charge on any atom is -0.480 e. The van der Waals surface area contributed by atoms with Crippen LogP contribution in [0.4, 0.5) is 0 Å². The number of aromatic nitrogens is 4. The largest absolute Gasteiger partial charge is 0.480 e. The van der Waals surface area contributed by atoms with Crippen LogP contribution in [-0.2, 0) is 11.3 Å². The van der Waals surface area contributed by atoms with Gasteiger partial charge in [-0.05, 0) is 25.0 Å². The quantitative estimate of drug-likeness (QED) is 0.641. The summed E-state index contributed by atoms with van der Waals surface area (Å²) in [6, 6.07) is 10.5. The van der Waals surface area contributed by atoms with Gasteiger partial charge in [-0.25, -0.2) is 4.98 Å². The second-order valence-electron chi connectivity index (χ2n) is 6.83. The maximum absolute atomic E-state index is 12.8. The first kappa shape index (κ1) is 18.9. The number of likely N-dealkylation sites (tertiary alicyclic amines) is 1. The number of hydrogen-bond acceptors (Lipinski definition) is 7. The standard InChI is InChI=1S/C20H21N5O4/c1-28-17-8-9-18(23-22-17)29-14-5-4-10-24(11-14)19(26)12-25-13-21-16-7-3-2-6-15(16)20(25)27/h2-3,6-9,13-14H,4-5,10-12H2,1H3. The summed E-state index contributed by atoms with van der Waals surface area (Å²) >= 11 is 0. The molecule has 2 aromatic heterocycles. The van der Waals surface area contributed by atoms with E-state index < -0.39 is 0 Å². The van der Waals surface area contributed by atoms with Gasteiger partial charge in [-0.1, -0.05) is 12.1 Å². The highest BCUT2D eigenvalue weighted by molar-refractivity contribution is 5.79. The van der Waals surface area contributed by atoms with Crippen molar-refractivity contribution in [3.8, 4) is 11.8 Å². The second-order valence-corrected chi connectivity index (χ2v) is 6.83. The van der Waals surface area contributed by atoms with E-state index in [1.54, 1.807) is 35.2 Å². The summed E-state index contributed by atoms with van der Waals surface area (Å²) in [5, 5.41) is 8.35. The lowest BCUT2D eigenvalue weighted by molar-refractivity contribution is -0.134. The maximum atomic E-state index is 12.8.